The molecule has 0 aromatic carbocycles. The van der Waals surface area contributed by atoms with Crippen molar-refractivity contribution in [2.24, 2.45) is 0 Å². The van der Waals surface area contributed by atoms with E-state index in [0.717, 1.165) is 24.7 Å². The molecule has 0 aliphatic carbocycles. The molecule has 0 radical (unpaired) electrons. The average Bonchev–Trinajstić information content (AvgIpc) is 2.43. The second-order valence-corrected chi connectivity index (χ2v) is 16.8. The fourth-order valence-electron chi connectivity index (χ4n) is 2.86. The lowest BCUT2D eigenvalue weighted by Gasteiger charge is -2.37. The van der Waals surface area contributed by atoms with E-state index in [0.29, 0.717) is 12.2 Å². The first kappa shape index (κ1) is 20.6. The van der Waals surface area contributed by atoms with Crippen molar-refractivity contribution in [1.29, 1.82) is 0 Å². The van der Waals surface area contributed by atoms with Crippen molar-refractivity contribution in [1.82, 2.24) is 4.90 Å². The molecule has 0 aromatic rings. The summed E-state index contributed by atoms with van der Waals surface area (Å²) in [6.45, 7) is 20.7. The molecule has 0 aliphatic rings. The highest BCUT2D eigenvalue weighted by Gasteiger charge is 2.35. The molecular weight excluding hydrogens is 294 g/mol. The van der Waals surface area contributed by atoms with Gasteiger partial charge in [-0.05, 0) is 24.7 Å². The molecule has 0 aromatic heterocycles. The summed E-state index contributed by atoms with van der Waals surface area (Å²) < 4.78 is 5.96. The highest BCUT2D eigenvalue weighted by atomic mass is 28.4. The largest absolute Gasteiger partial charge is 0.518 e. The summed E-state index contributed by atoms with van der Waals surface area (Å²) in [7, 11) is -3.25. The lowest BCUT2D eigenvalue weighted by molar-refractivity contribution is -0.136. The van der Waals surface area contributed by atoms with Crippen LogP contribution in [0.5, 0.6) is 0 Å². The summed E-state index contributed by atoms with van der Waals surface area (Å²) in [5.74, 6) is -0.0424. The summed E-state index contributed by atoms with van der Waals surface area (Å²) >= 11 is 0. The Morgan fingerprint density at radius 3 is 1.90 bits per heavy atom. The van der Waals surface area contributed by atoms with Crippen LogP contribution >= 0.6 is 0 Å². The molecule has 0 aliphatic heterocycles. The minimum absolute atomic E-state index is 0.0424. The van der Waals surface area contributed by atoms with Crippen molar-refractivity contribution in [3.05, 3.63) is 12.7 Å². The van der Waals surface area contributed by atoms with E-state index in [1.54, 1.807) is 0 Å². The molecule has 0 amide bonds. The van der Waals surface area contributed by atoms with E-state index < -0.39 is 16.4 Å². The molecule has 1 unspecified atom stereocenters. The topological polar surface area (TPSA) is 29.5 Å². The van der Waals surface area contributed by atoms with Crippen molar-refractivity contribution >= 4 is 22.4 Å². The molecule has 21 heavy (non-hydrogen) atoms. The third-order valence-electron chi connectivity index (χ3n) is 4.51. The Balaban J connectivity index is 4.91. The summed E-state index contributed by atoms with van der Waals surface area (Å²) in [5, 5.41) is 0. The fourth-order valence-corrected chi connectivity index (χ4v) is 7.42. The van der Waals surface area contributed by atoms with Gasteiger partial charge in [0.1, 0.15) is 0 Å². The van der Waals surface area contributed by atoms with E-state index in [2.05, 4.69) is 58.8 Å². The number of rotatable bonds is 10. The second-order valence-electron chi connectivity index (χ2n) is 6.83. The van der Waals surface area contributed by atoms with Crippen LogP contribution in [0.15, 0.2) is 12.7 Å². The molecular formula is C16H35NO2Si2. The van der Waals surface area contributed by atoms with Crippen molar-refractivity contribution < 1.29 is 9.22 Å². The van der Waals surface area contributed by atoms with Crippen LogP contribution in [0.1, 0.15) is 27.7 Å². The van der Waals surface area contributed by atoms with E-state index in [-0.39, 0.29) is 5.97 Å². The predicted molar refractivity (Wildman–Crippen MR) is 97.9 cm³/mol. The molecule has 124 valence electrons. The molecule has 0 saturated heterocycles. The highest BCUT2D eigenvalue weighted by Crippen LogP contribution is 2.22. The average molecular weight is 330 g/mol. The first-order valence-corrected chi connectivity index (χ1v) is 14.4. The summed E-state index contributed by atoms with van der Waals surface area (Å²) in [6, 6.07) is 3.03. The van der Waals surface area contributed by atoms with Gasteiger partial charge in [-0.3, -0.25) is 9.69 Å². The SMILES string of the molecule is C=CC(N(CC)CC(=O)O[Si](CC)(CC)CC)[Si](C)(C)C. The van der Waals surface area contributed by atoms with Gasteiger partial charge >= 0.3 is 5.97 Å². The monoisotopic (exact) mass is 329 g/mol. The lowest BCUT2D eigenvalue weighted by atomic mass is 10.4. The Morgan fingerprint density at radius 1 is 1.14 bits per heavy atom. The molecule has 1 atom stereocenters. The fraction of sp³-hybridized carbons (Fsp3) is 0.812. The van der Waals surface area contributed by atoms with Gasteiger partial charge < -0.3 is 4.43 Å². The third-order valence-corrected chi connectivity index (χ3v) is 11.4. The smallest absolute Gasteiger partial charge is 0.306 e. The van der Waals surface area contributed by atoms with Gasteiger partial charge in [0.15, 0.2) is 0 Å². The van der Waals surface area contributed by atoms with Crippen LogP contribution in [0.4, 0.5) is 0 Å². The standard InChI is InChI=1S/C16H35NO2Si2/c1-9-15(20(6,7)8)17(10-2)14-16(18)19-21(11-3,12-4)13-5/h9,15H,1,10-14H2,2-8H3. The first-order valence-electron chi connectivity index (χ1n) is 8.28. The van der Waals surface area contributed by atoms with Gasteiger partial charge in [0.25, 0.3) is 8.32 Å². The molecule has 3 nitrogen and oxygen atoms in total. The quantitative estimate of drug-likeness (QED) is 0.442. The van der Waals surface area contributed by atoms with Crippen LogP contribution in [0.2, 0.25) is 37.8 Å². The number of likely N-dealkylation sites (N-methyl/N-ethyl adjacent to an activating group) is 1. The Kier molecular flexibility index (Phi) is 8.74. The maximum absolute atomic E-state index is 12.4. The van der Waals surface area contributed by atoms with Gasteiger partial charge in [-0.25, -0.2) is 0 Å². The number of carbonyl (C=O) groups is 1. The Bertz CT molecular complexity index is 327. The van der Waals surface area contributed by atoms with Gasteiger partial charge in [-0.1, -0.05) is 53.4 Å². The van der Waals surface area contributed by atoms with Gasteiger partial charge in [-0.2, -0.15) is 0 Å². The van der Waals surface area contributed by atoms with E-state index in [1.807, 2.05) is 6.08 Å². The van der Waals surface area contributed by atoms with E-state index in [1.165, 1.54) is 0 Å². The number of hydrogen-bond acceptors (Lipinski definition) is 3. The Morgan fingerprint density at radius 2 is 1.62 bits per heavy atom. The zero-order chi connectivity index (χ0) is 16.7. The minimum atomic E-state index is -1.84. The van der Waals surface area contributed by atoms with Crippen LogP contribution in [0, 0.1) is 0 Å². The number of nitrogens with zero attached hydrogens (tertiary/aromatic N) is 1. The van der Waals surface area contributed by atoms with Crippen LogP contribution in [0.3, 0.4) is 0 Å². The normalized spacial score (nSPS) is 14.1. The van der Waals surface area contributed by atoms with Gasteiger partial charge in [0, 0.05) is 5.67 Å². The summed E-state index contributed by atoms with van der Waals surface area (Å²) in [6.07, 6.45) is 2.01. The van der Waals surface area contributed by atoms with Gasteiger partial charge in [-0.15, -0.1) is 6.58 Å². The Hall–Kier alpha value is -0.396. The maximum atomic E-state index is 12.4. The first-order chi connectivity index (χ1) is 9.69. The highest BCUT2D eigenvalue weighted by molar-refractivity contribution is 6.78. The molecule has 0 saturated carbocycles. The predicted octanol–water partition coefficient (Wildman–Crippen LogP) is 4.29. The molecule has 0 rings (SSSR count). The van der Waals surface area contributed by atoms with E-state index >= 15 is 0 Å². The lowest BCUT2D eigenvalue weighted by Crippen LogP contribution is -2.52. The second kappa shape index (κ2) is 8.90. The van der Waals surface area contributed by atoms with Crippen molar-refractivity contribution in [2.75, 3.05) is 13.1 Å². The molecule has 0 bridgehead atoms. The third kappa shape index (κ3) is 6.08. The van der Waals surface area contributed by atoms with Crippen LogP contribution in [0.25, 0.3) is 0 Å². The molecule has 0 N–H and O–H groups in total. The molecule has 0 fully saturated rings. The molecule has 0 heterocycles. The molecule has 0 spiro atoms. The van der Waals surface area contributed by atoms with E-state index in [9.17, 15) is 4.79 Å². The van der Waals surface area contributed by atoms with Crippen LogP contribution < -0.4 is 0 Å². The number of carbonyl (C=O) groups excluding carboxylic acids is 1. The zero-order valence-electron chi connectivity index (χ0n) is 15.2. The Labute approximate surface area is 133 Å². The van der Waals surface area contributed by atoms with Crippen molar-refractivity contribution in [2.45, 2.75) is 71.1 Å². The van der Waals surface area contributed by atoms with Gasteiger partial charge in [0.05, 0.1) is 14.6 Å². The van der Waals surface area contributed by atoms with E-state index in [4.69, 9.17) is 4.43 Å². The summed E-state index contributed by atoms with van der Waals surface area (Å²) in [4.78, 5) is 14.6. The minimum Gasteiger partial charge on any atom is -0.518 e. The summed E-state index contributed by atoms with van der Waals surface area (Å²) in [5.41, 5.74) is 0.316. The number of hydrogen-bond donors (Lipinski definition) is 0. The zero-order valence-corrected chi connectivity index (χ0v) is 17.2. The van der Waals surface area contributed by atoms with Gasteiger partial charge in [0.2, 0.25) is 0 Å². The van der Waals surface area contributed by atoms with Crippen LogP contribution in [-0.2, 0) is 9.22 Å². The van der Waals surface area contributed by atoms with Crippen LogP contribution in [-0.4, -0.2) is 46.0 Å². The van der Waals surface area contributed by atoms with Crippen molar-refractivity contribution in [3.63, 3.8) is 0 Å². The molecule has 5 heteroatoms. The van der Waals surface area contributed by atoms with Crippen molar-refractivity contribution in [3.8, 4) is 0 Å². The maximum Gasteiger partial charge on any atom is 0.306 e.